The van der Waals surface area contributed by atoms with Gasteiger partial charge in [0.25, 0.3) is 5.65 Å². The third-order valence-electron chi connectivity index (χ3n) is 7.40. The number of fused-ring (bicyclic) bond motifs is 3. The quantitative estimate of drug-likeness (QED) is 0.382. The zero-order chi connectivity index (χ0) is 24.3. The van der Waals surface area contributed by atoms with Crippen LogP contribution in [0.5, 0.6) is 0 Å². The maximum atomic E-state index is 6.59. The van der Waals surface area contributed by atoms with Crippen LogP contribution in [0.25, 0.3) is 44.8 Å². The molecule has 1 aliphatic rings. The zero-order valence-electron chi connectivity index (χ0n) is 20.0. The first-order chi connectivity index (χ1) is 17.6. The molecule has 1 fully saturated rings. The molecule has 0 aliphatic heterocycles. The largest absolute Gasteiger partial charge is 0.321 e. The van der Waals surface area contributed by atoms with E-state index in [1.807, 2.05) is 60.8 Å². The number of aromatic nitrogens is 6. The Kier molecular flexibility index (Phi) is 4.56. The third kappa shape index (κ3) is 3.24. The number of rotatable bonds is 4. The number of hydrogen-bond acceptors (Lipinski definition) is 4. The van der Waals surface area contributed by atoms with Gasteiger partial charge in [-0.1, -0.05) is 47.1 Å². The monoisotopic (exact) mass is 472 g/mol. The Bertz CT molecular complexity index is 1730. The van der Waals surface area contributed by atoms with E-state index in [1.165, 1.54) is 12.0 Å². The average molecular weight is 473 g/mol. The van der Waals surface area contributed by atoms with Crippen molar-refractivity contribution in [3.63, 3.8) is 0 Å². The maximum absolute atomic E-state index is 6.59. The summed E-state index contributed by atoms with van der Waals surface area (Å²) in [5.74, 6) is 0.823. The van der Waals surface area contributed by atoms with Crippen LogP contribution < -0.4 is 10.1 Å². The van der Waals surface area contributed by atoms with Crippen LogP contribution in [0.3, 0.4) is 0 Å². The first kappa shape index (κ1) is 21.0. The summed E-state index contributed by atoms with van der Waals surface area (Å²) < 4.78 is 5.93. The molecule has 0 bridgehead atoms. The van der Waals surface area contributed by atoms with Gasteiger partial charge in [0.05, 0.1) is 34.0 Å². The fraction of sp³-hybridized carbons (Fsp3) is 0.172. The lowest BCUT2D eigenvalue weighted by Crippen LogP contribution is -2.43. The number of nitrogens with zero attached hydrogens (tertiary/aromatic N) is 6. The van der Waals surface area contributed by atoms with Gasteiger partial charge in [-0.3, -0.25) is 9.67 Å². The van der Waals surface area contributed by atoms with E-state index in [0.29, 0.717) is 0 Å². The molecule has 36 heavy (non-hydrogen) atoms. The second-order valence-corrected chi connectivity index (χ2v) is 9.73. The summed E-state index contributed by atoms with van der Waals surface area (Å²) in [6.07, 6.45) is 11.1. The highest BCUT2D eigenvalue weighted by molar-refractivity contribution is 5.93. The Balaban J connectivity index is 1.48. The van der Waals surface area contributed by atoms with Crippen molar-refractivity contribution in [1.29, 1.82) is 0 Å². The van der Waals surface area contributed by atoms with E-state index in [2.05, 4.69) is 52.0 Å². The first-order valence-corrected chi connectivity index (χ1v) is 12.3. The molecule has 1 aliphatic carbocycles. The fourth-order valence-electron chi connectivity index (χ4n) is 5.19. The Morgan fingerprint density at radius 2 is 1.72 bits per heavy atom. The van der Waals surface area contributed by atoms with Gasteiger partial charge < -0.3 is 5.73 Å². The Labute approximate surface area is 208 Å². The van der Waals surface area contributed by atoms with Gasteiger partial charge in [-0.05, 0) is 54.7 Å². The molecular weight excluding hydrogens is 446 g/mol. The second kappa shape index (κ2) is 7.83. The van der Waals surface area contributed by atoms with Gasteiger partial charge in [0.15, 0.2) is 0 Å². The number of aryl methyl sites for hydroxylation is 1. The standard InChI is InChI=1S/C29H26N7/c1-34-19-22(18-32-34)27-33-36(24-10-8-23(9-11-24)29(30)13-5-14-29)28-25-16-21(20-6-3-2-4-7-20)17-31-26(25)12-15-35(27)28/h2-4,6-12,15-19H,5,13-14,30H2,1H3/q+1. The van der Waals surface area contributed by atoms with E-state index >= 15 is 0 Å². The molecule has 2 N–H and O–H groups in total. The summed E-state index contributed by atoms with van der Waals surface area (Å²) in [6.45, 7) is 0. The van der Waals surface area contributed by atoms with Gasteiger partial charge in [0, 0.05) is 30.5 Å². The topological polar surface area (TPSA) is 78.6 Å². The molecule has 176 valence electrons. The van der Waals surface area contributed by atoms with Crippen molar-refractivity contribution in [3.8, 4) is 28.2 Å². The van der Waals surface area contributed by atoms with Crippen molar-refractivity contribution in [3.05, 3.63) is 97.1 Å². The van der Waals surface area contributed by atoms with Crippen LogP contribution in [0.2, 0.25) is 0 Å². The van der Waals surface area contributed by atoms with Gasteiger partial charge in [-0.15, -0.1) is 0 Å². The lowest BCUT2D eigenvalue weighted by Gasteiger charge is -2.38. The van der Waals surface area contributed by atoms with E-state index in [4.69, 9.17) is 15.8 Å². The molecule has 2 aromatic carbocycles. The van der Waals surface area contributed by atoms with Crippen LogP contribution in [-0.4, -0.2) is 24.5 Å². The smallest absolute Gasteiger partial charge is 0.317 e. The van der Waals surface area contributed by atoms with Crippen LogP contribution in [0.1, 0.15) is 24.8 Å². The highest BCUT2D eigenvalue weighted by Gasteiger charge is 2.34. The van der Waals surface area contributed by atoms with Crippen molar-refractivity contribution in [1.82, 2.24) is 24.5 Å². The maximum Gasteiger partial charge on any atom is 0.317 e. The van der Waals surface area contributed by atoms with E-state index < -0.39 is 0 Å². The molecule has 7 rings (SSSR count). The summed E-state index contributed by atoms with van der Waals surface area (Å²) in [5, 5.41) is 10.5. The minimum absolute atomic E-state index is 0.193. The molecule has 4 heterocycles. The predicted molar refractivity (Wildman–Crippen MR) is 139 cm³/mol. The molecule has 1 saturated carbocycles. The molecule has 0 atom stereocenters. The molecule has 0 unspecified atom stereocenters. The molecule has 0 amide bonds. The van der Waals surface area contributed by atoms with Crippen molar-refractivity contribution < 1.29 is 4.40 Å². The van der Waals surface area contributed by atoms with Gasteiger partial charge in [-0.2, -0.15) is 9.50 Å². The summed E-state index contributed by atoms with van der Waals surface area (Å²) in [4.78, 5) is 4.81. The molecule has 0 radical (unpaired) electrons. The Hall–Kier alpha value is -4.36. The number of nitrogens with two attached hydrogens (primary N) is 1. The van der Waals surface area contributed by atoms with E-state index in [9.17, 15) is 0 Å². The highest BCUT2D eigenvalue weighted by atomic mass is 15.4. The second-order valence-electron chi connectivity index (χ2n) is 9.73. The normalized spacial score (nSPS) is 14.8. The SMILES string of the molecule is Cn1cc(-c2nn(-c3ccc(C4(N)CCC4)cc3)c3c4cc(-c5ccccc5)cnc4cc[n+]23)cn1. The molecule has 6 aromatic rings. The van der Waals surface area contributed by atoms with Crippen LogP contribution in [0.15, 0.2) is 91.5 Å². The van der Waals surface area contributed by atoms with Crippen molar-refractivity contribution in [2.45, 2.75) is 24.8 Å². The molecule has 0 spiro atoms. The van der Waals surface area contributed by atoms with Crippen LogP contribution >= 0.6 is 0 Å². The molecule has 7 nitrogen and oxygen atoms in total. The van der Waals surface area contributed by atoms with E-state index in [1.54, 1.807) is 4.68 Å². The lowest BCUT2D eigenvalue weighted by molar-refractivity contribution is -0.498. The van der Waals surface area contributed by atoms with Crippen LogP contribution in [-0.2, 0) is 12.6 Å². The molecule has 0 saturated heterocycles. The summed E-state index contributed by atoms with van der Waals surface area (Å²) in [6, 6.07) is 23.1. The van der Waals surface area contributed by atoms with Crippen molar-refractivity contribution in [2.75, 3.05) is 0 Å². The summed E-state index contributed by atoms with van der Waals surface area (Å²) in [7, 11) is 1.92. The summed E-state index contributed by atoms with van der Waals surface area (Å²) >= 11 is 0. The molecule has 7 heteroatoms. The first-order valence-electron chi connectivity index (χ1n) is 12.3. The van der Waals surface area contributed by atoms with Crippen LogP contribution in [0, 0.1) is 0 Å². The molecule has 4 aromatic heterocycles. The lowest BCUT2D eigenvalue weighted by atomic mass is 9.73. The number of pyridine rings is 2. The van der Waals surface area contributed by atoms with Crippen LogP contribution in [0.4, 0.5) is 0 Å². The minimum atomic E-state index is -0.193. The summed E-state index contributed by atoms with van der Waals surface area (Å²) in [5.41, 5.74) is 13.6. The Morgan fingerprint density at radius 3 is 2.42 bits per heavy atom. The van der Waals surface area contributed by atoms with Gasteiger partial charge in [0.1, 0.15) is 5.69 Å². The zero-order valence-corrected chi connectivity index (χ0v) is 20.0. The van der Waals surface area contributed by atoms with Crippen molar-refractivity contribution >= 4 is 16.6 Å². The van der Waals surface area contributed by atoms with Gasteiger partial charge in [0.2, 0.25) is 0 Å². The predicted octanol–water partition coefficient (Wildman–Crippen LogP) is 4.56. The average Bonchev–Trinajstić information content (AvgIpc) is 3.51. The van der Waals surface area contributed by atoms with Gasteiger partial charge in [-0.25, -0.2) is 0 Å². The van der Waals surface area contributed by atoms with E-state index in [0.717, 1.165) is 57.6 Å². The number of benzene rings is 2. The highest BCUT2D eigenvalue weighted by Crippen LogP contribution is 2.39. The van der Waals surface area contributed by atoms with Crippen molar-refractivity contribution in [2.24, 2.45) is 12.8 Å². The van der Waals surface area contributed by atoms with E-state index in [-0.39, 0.29) is 5.54 Å². The van der Waals surface area contributed by atoms with Gasteiger partial charge >= 0.3 is 5.82 Å². The molecular formula is C29H26N7+. The number of hydrogen-bond donors (Lipinski definition) is 1. The Morgan fingerprint density at radius 1 is 0.917 bits per heavy atom. The third-order valence-corrected chi connectivity index (χ3v) is 7.40. The minimum Gasteiger partial charge on any atom is -0.321 e. The fourth-order valence-corrected chi connectivity index (χ4v) is 5.19.